The van der Waals surface area contributed by atoms with Gasteiger partial charge in [-0.2, -0.15) is 0 Å². The van der Waals surface area contributed by atoms with Gasteiger partial charge in [-0.15, -0.1) is 0 Å². The lowest BCUT2D eigenvalue weighted by Crippen LogP contribution is -2.48. The average molecular weight is 497 g/mol. The molecular formula is C26H32N4O6. The Morgan fingerprint density at radius 2 is 1.67 bits per heavy atom. The van der Waals surface area contributed by atoms with Gasteiger partial charge in [-0.1, -0.05) is 25.5 Å². The Morgan fingerprint density at radius 3 is 2.28 bits per heavy atom. The molecule has 4 amide bonds. The lowest BCUT2D eigenvalue weighted by Gasteiger charge is -2.35. The van der Waals surface area contributed by atoms with Gasteiger partial charge >= 0.3 is 18.0 Å². The van der Waals surface area contributed by atoms with Gasteiger partial charge in [-0.25, -0.2) is 14.4 Å². The second kappa shape index (κ2) is 12.0. The summed E-state index contributed by atoms with van der Waals surface area (Å²) in [4.78, 5) is 39.8. The molecule has 1 atom stereocenters. The maximum Gasteiger partial charge on any atom is 0.337 e. The highest BCUT2D eigenvalue weighted by molar-refractivity contribution is 6.00. The molecule has 3 N–H and O–H groups in total. The van der Waals surface area contributed by atoms with Crippen LogP contribution in [0.2, 0.25) is 0 Å². The summed E-state index contributed by atoms with van der Waals surface area (Å²) in [5.74, 6) is 0.539. The maximum atomic E-state index is 12.8. The number of nitrogens with zero attached hydrogens (tertiary/aromatic N) is 1. The van der Waals surface area contributed by atoms with Crippen molar-refractivity contribution >= 4 is 29.4 Å². The number of methoxy groups -OCH3 is 3. The second-order valence-electron chi connectivity index (χ2n) is 8.18. The molecule has 1 heterocycles. The summed E-state index contributed by atoms with van der Waals surface area (Å²) in [7, 11) is 4.36. The molecule has 2 aromatic rings. The fourth-order valence-corrected chi connectivity index (χ4v) is 3.96. The van der Waals surface area contributed by atoms with Crippen molar-refractivity contribution < 1.29 is 28.6 Å². The number of unbranched alkanes of at least 4 members (excludes halogenated alkanes) is 1. The molecule has 10 nitrogen and oxygen atoms in total. The highest BCUT2D eigenvalue weighted by Crippen LogP contribution is 2.32. The summed E-state index contributed by atoms with van der Waals surface area (Å²) in [5, 5.41) is 8.42. The van der Waals surface area contributed by atoms with Crippen LogP contribution in [0.25, 0.3) is 0 Å². The van der Waals surface area contributed by atoms with Crippen molar-refractivity contribution in [2.24, 2.45) is 0 Å². The number of esters is 1. The molecule has 3 rings (SSSR count). The van der Waals surface area contributed by atoms with Gasteiger partial charge in [0.2, 0.25) is 0 Å². The number of ether oxygens (including phenoxy) is 3. The van der Waals surface area contributed by atoms with Crippen molar-refractivity contribution in [1.82, 2.24) is 10.2 Å². The van der Waals surface area contributed by atoms with Gasteiger partial charge in [0.25, 0.3) is 0 Å². The van der Waals surface area contributed by atoms with Crippen molar-refractivity contribution in [3.05, 3.63) is 59.3 Å². The van der Waals surface area contributed by atoms with Gasteiger partial charge in [0.1, 0.15) is 11.5 Å². The van der Waals surface area contributed by atoms with Gasteiger partial charge in [0.05, 0.1) is 32.9 Å². The highest BCUT2D eigenvalue weighted by atomic mass is 16.5. The molecule has 0 radical (unpaired) electrons. The molecular weight excluding hydrogens is 464 g/mol. The highest BCUT2D eigenvalue weighted by Gasteiger charge is 2.36. The molecule has 0 spiro atoms. The lowest BCUT2D eigenvalue weighted by atomic mass is 9.94. The van der Waals surface area contributed by atoms with E-state index in [1.165, 1.54) is 21.3 Å². The molecule has 0 fully saturated rings. The smallest absolute Gasteiger partial charge is 0.337 e. The molecule has 0 saturated heterocycles. The topological polar surface area (TPSA) is 118 Å². The monoisotopic (exact) mass is 496 g/mol. The van der Waals surface area contributed by atoms with Gasteiger partial charge in [0.15, 0.2) is 0 Å². The Hall–Kier alpha value is -4.21. The number of carbonyl (C=O) groups excluding carboxylic acids is 3. The van der Waals surface area contributed by atoms with Crippen LogP contribution in [0.5, 0.6) is 11.5 Å². The predicted octanol–water partition coefficient (Wildman–Crippen LogP) is 4.66. The minimum Gasteiger partial charge on any atom is -0.497 e. The zero-order valence-corrected chi connectivity index (χ0v) is 21.1. The van der Waals surface area contributed by atoms with E-state index in [0.717, 1.165) is 12.8 Å². The van der Waals surface area contributed by atoms with E-state index < -0.39 is 18.0 Å². The molecule has 10 heteroatoms. The van der Waals surface area contributed by atoms with E-state index >= 15 is 0 Å². The zero-order valence-electron chi connectivity index (χ0n) is 21.1. The van der Waals surface area contributed by atoms with Crippen molar-refractivity contribution in [3.8, 4) is 11.5 Å². The molecule has 0 bridgehead atoms. The van der Waals surface area contributed by atoms with E-state index in [1.807, 2.05) is 6.92 Å². The van der Waals surface area contributed by atoms with Gasteiger partial charge in [-0.3, -0.25) is 4.90 Å². The molecule has 0 aliphatic carbocycles. The number of rotatable bonds is 9. The average Bonchev–Trinajstić information content (AvgIpc) is 2.87. The summed E-state index contributed by atoms with van der Waals surface area (Å²) in [6, 6.07) is 10.4. The summed E-state index contributed by atoms with van der Waals surface area (Å²) in [6.07, 6.45) is 1.71. The molecule has 0 saturated carbocycles. The first kappa shape index (κ1) is 26.4. The number of urea groups is 2. The summed E-state index contributed by atoms with van der Waals surface area (Å²) >= 11 is 0. The van der Waals surface area contributed by atoms with Crippen molar-refractivity contribution in [2.75, 3.05) is 38.5 Å². The molecule has 2 aromatic carbocycles. The number of nitrogens with one attached hydrogen (secondary N) is 3. The van der Waals surface area contributed by atoms with E-state index in [-0.39, 0.29) is 6.03 Å². The van der Waals surface area contributed by atoms with E-state index in [2.05, 4.69) is 16.0 Å². The Bertz CT molecular complexity index is 1140. The van der Waals surface area contributed by atoms with Gasteiger partial charge in [0, 0.05) is 41.8 Å². The normalized spacial score (nSPS) is 15.2. The Labute approximate surface area is 210 Å². The van der Waals surface area contributed by atoms with Crippen LogP contribution in [-0.4, -0.2) is 50.8 Å². The van der Waals surface area contributed by atoms with E-state index in [4.69, 9.17) is 14.2 Å². The number of carbonyl (C=O) groups is 3. The van der Waals surface area contributed by atoms with Gasteiger partial charge in [-0.05, 0) is 31.0 Å². The predicted molar refractivity (Wildman–Crippen MR) is 136 cm³/mol. The van der Waals surface area contributed by atoms with Crippen LogP contribution in [0.4, 0.5) is 21.0 Å². The van der Waals surface area contributed by atoms with Crippen LogP contribution in [0.3, 0.4) is 0 Å². The van der Waals surface area contributed by atoms with Crippen LogP contribution in [0, 0.1) is 0 Å². The van der Waals surface area contributed by atoms with Crippen molar-refractivity contribution in [2.45, 2.75) is 32.7 Å². The molecule has 36 heavy (non-hydrogen) atoms. The number of hydrogen-bond acceptors (Lipinski definition) is 6. The van der Waals surface area contributed by atoms with Crippen LogP contribution in [-0.2, 0) is 9.53 Å². The SMILES string of the molecule is CCCCN1C(=O)NC(c2cccc(NC(=O)Nc3cc(OC)cc(OC)c3)c2)C(C(=O)OC)=C1C. The summed E-state index contributed by atoms with van der Waals surface area (Å²) < 4.78 is 15.5. The standard InChI is InChI=1S/C26H32N4O6/c1-6-7-11-30-16(2)22(24(31)36-5)23(29-26(30)33)17-9-8-10-18(12-17)27-25(32)28-19-13-20(34-3)15-21(14-19)35-4/h8-10,12-15,23H,6-7,11H2,1-5H3,(H,29,33)(H2,27,28,32). The Balaban J connectivity index is 1.84. The van der Waals surface area contributed by atoms with Crippen LogP contribution in [0.15, 0.2) is 53.7 Å². The molecule has 1 unspecified atom stereocenters. The first-order chi connectivity index (χ1) is 17.3. The fourth-order valence-electron chi connectivity index (χ4n) is 3.96. The van der Waals surface area contributed by atoms with E-state index in [9.17, 15) is 14.4 Å². The number of allylic oxidation sites excluding steroid dienone is 1. The van der Waals surface area contributed by atoms with Crippen LogP contribution in [0.1, 0.15) is 38.3 Å². The number of amides is 4. The number of benzene rings is 2. The van der Waals surface area contributed by atoms with Crippen LogP contribution < -0.4 is 25.4 Å². The second-order valence-corrected chi connectivity index (χ2v) is 8.18. The molecule has 192 valence electrons. The number of hydrogen-bond donors (Lipinski definition) is 3. The van der Waals surface area contributed by atoms with Crippen molar-refractivity contribution in [1.29, 1.82) is 0 Å². The van der Waals surface area contributed by atoms with Crippen LogP contribution >= 0.6 is 0 Å². The third-order valence-electron chi connectivity index (χ3n) is 5.82. The van der Waals surface area contributed by atoms with Crippen molar-refractivity contribution in [3.63, 3.8) is 0 Å². The van der Waals surface area contributed by atoms with E-state index in [1.54, 1.807) is 54.3 Å². The fraction of sp³-hybridized carbons (Fsp3) is 0.346. The van der Waals surface area contributed by atoms with Gasteiger partial charge < -0.3 is 30.2 Å². The quantitative estimate of drug-likeness (QED) is 0.435. The summed E-state index contributed by atoms with van der Waals surface area (Å²) in [5.41, 5.74) is 2.48. The maximum absolute atomic E-state index is 12.8. The first-order valence-electron chi connectivity index (χ1n) is 11.6. The largest absolute Gasteiger partial charge is 0.497 e. The first-order valence-corrected chi connectivity index (χ1v) is 11.6. The third-order valence-corrected chi connectivity index (χ3v) is 5.82. The lowest BCUT2D eigenvalue weighted by molar-refractivity contribution is -0.136. The molecule has 1 aliphatic rings. The third kappa shape index (κ3) is 6.07. The number of anilines is 2. The van der Waals surface area contributed by atoms with E-state index in [0.29, 0.717) is 46.3 Å². The molecule has 0 aromatic heterocycles. The minimum absolute atomic E-state index is 0.290. The Morgan fingerprint density at radius 1 is 1.00 bits per heavy atom. The zero-order chi connectivity index (χ0) is 26.2. The Kier molecular flexibility index (Phi) is 8.77. The summed E-state index contributed by atoms with van der Waals surface area (Å²) in [6.45, 7) is 4.27. The molecule has 1 aliphatic heterocycles. The minimum atomic E-state index is -0.727.